The molecule has 3 aromatic rings. The summed E-state index contributed by atoms with van der Waals surface area (Å²) in [5.74, 6) is -0.913. The van der Waals surface area contributed by atoms with E-state index in [4.69, 9.17) is 0 Å². The van der Waals surface area contributed by atoms with Gasteiger partial charge in [0.15, 0.2) is 9.84 Å². The van der Waals surface area contributed by atoms with Gasteiger partial charge in [0.25, 0.3) is 0 Å². The topological polar surface area (TPSA) is 74.7 Å². The summed E-state index contributed by atoms with van der Waals surface area (Å²) in [5.41, 5.74) is 5.92. The highest BCUT2D eigenvalue weighted by Gasteiger charge is 2.35. The van der Waals surface area contributed by atoms with Crippen LogP contribution in [0.15, 0.2) is 71.6 Å². The van der Waals surface area contributed by atoms with E-state index in [-0.39, 0.29) is 10.3 Å². The Balaban J connectivity index is 1.71. The van der Waals surface area contributed by atoms with Gasteiger partial charge in [-0.05, 0) is 64.1 Å². The number of carbonyl (C=O) groups is 1. The van der Waals surface area contributed by atoms with E-state index in [0.717, 1.165) is 28.6 Å². The van der Waals surface area contributed by atoms with Crippen molar-refractivity contribution in [1.82, 2.24) is 0 Å². The van der Waals surface area contributed by atoms with Crippen molar-refractivity contribution in [2.75, 3.05) is 11.2 Å². The number of hydrogen-bond donors (Lipinski definition) is 1. The average molecular weight is 450 g/mol. The zero-order valence-corrected chi connectivity index (χ0v) is 19.5. The Hall–Kier alpha value is -3.12. The monoisotopic (exact) mass is 449 g/mol. The number of anilines is 2. The first-order valence-corrected chi connectivity index (χ1v) is 12.4. The van der Waals surface area contributed by atoms with Crippen molar-refractivity contribution in [3.05, 3.63) is 77.9 Å². The first-order valence-electron chi connectivity index (χ1n) is 10.5. The first-order chi connectivity index (χ1) is 14.9. The van der Waals surface area contributed by atoms with E-state index < -0.39 is 21.8 Å². The van der Waals surface area contributed by atoms with Crippen molar-refractivity contribution < 1.29 is 18.3 Å². The maximum absolute atomic E-state index is 12.0. The Morgan fingerprint density at radius 1 is 0.938 bits per heavy atom. The van der Waals surface area contributed by atoms with Gasteiger partial charge in [-0.15, -0.1) is 0 Å². The molecule has 1 aliphatic rings. The van der Waals surface area contributed by atoms with Gasteiger partial charge in [-0.1, -0.05) is 51.1 Å². The van der Waals surface area contributed by atoms with Crippen molar-refractivity contribution in [1.29, 1.82) is 0 Å². The molecule has 0 aliphatic carbocycles. The molecule has 0 bridgehead atoms. The number of carboxylic acids is 1. The van der Waals surface area contributed by atoms with Crippen molar-refractivity contribution in [2.24, 2.45) is 0 Å². The van der Waals surface area contributed by atoms with Gasteiger partial charge < -0.3 is 10.0 Å². The smallest absolute Gasteiger partial charge is 0.327 e. The number of sulfone groups is 1. The molecule has 1 atom stereocenters. The van der Waals surface area contributed by atoms with E-state index >= 15 is 0 Å². The highest BCUT2D eigenvalue weighted by Crippen LogP contribution is 2.41. The molecule has 0 amide bonds. The number of aliphatic carboxylic acids is 1. The molecule has 166 valence electrons. The second-order valence-electron chi connectivity index (χ2n) is 9.37. The number of rotatable bonds is 4. The third kappa shape index (κ3) is 4.15. The highest BCUT2D eigenvalue weighted by molar-refractivity contribution is 7.90. The second-order valence-corrected chi connectivity index (χ2v) is 11.4. The quantitative estimate of drug-likeness (QED) is 0.592. The maximum atomic E-state index is 12.0. The molecule has 3 aromatic carbocycles. The summed E-state index contributed by atoms with van der Waals surface area (Å²) in [6.07, 6.45) is 1.54. The number of nitrogens with zero attached hydrogens (tertiary/aromatic N) is 1. The minimum Gasteiger partial charge on any atom is -0.480 e. The molecule has 4 rings (SSSR count). The highest BCUT2D eigenvalue weighted by atomic mass is 32.2. The van der Waals surface area contributed by atoms with Gasteiger partial charge in [-0.25, -0.2) is 13.2 Å². The van der Waals surface area contributed by atoms with Gasteiger partial charge in [-0.2, -0.15) is 0 Å². The van der Waals surface area contributed by atoms with Crippen LogP contribution in [0.4, 0.5) is 11.4 Å². The fourth-order valence-electron chi connectivity index (χ4n) is 4.16. The molecule has 0 saturated heterocycles. The molecule has 0 radical (unpaired) electrons. The minimum atomic E-state index is -3.32. The second kappa shape index (κ2) is 7.78. The first kappa shape index (κ1) is 22.1. The van der Waals surface area contributed by atoms with Crippen molar-refractivity contribution >= 4 is 27.2 Å². The predicted molar refractivity (Wildman–Crippen MR) is 127 cm³/mol. The molecule has 0 saturated carbocycles. The van der Waals surface area contributed by atoms with Crippen LogP contribution >= 0.6 is 0 Å². The van der Waals surface area contributed by atoms with E-state index in [0.29, 0.717) is 12.1 Å². The predicted octanol–water partition coefficient (Wildman–Crippen LogP) is 5.20. The van der Waals surface area contributed by atoms with Gasteiger partial charge in [0.05, 0.1) is 4.90 Å². The lowest BCUT2D eigenvalue weighted by Crippen LogP contribution is -2.35. The van der Waals surface area contributed by atoms with Crippen LogP contribution in [-0.2, 0) is 26.5 Å². The normalized spacial score (nSPS) is 16.1. The van der Waals surface area contributed by atoms with Crippen molar-refractivity contribution in [3.8, 4) is 11.1 Å². The van der Waals surface area contributed by atoms with E-state index in [1.54, 1.807) is 17.0 Å². The van der Waals surface area contributed by atoms with Crippen LogP contribution in [-0.4, -0.2) is 31.8 Å². The SMILES string of the molecule is CC(C)(C)c1ccc(-c2ccc3c(c2)CC(C(=O)O)N3c2ccc(S(C)(=O)=O)cc2)cc1. The largest absolute Gasteiger partial charge is 0.480 e. The van der Waals surface area contributed by atoms with Crippen LogP contribution in [0, 0.1) is 0 Å². The van der Waals surface area contributed by atoms with Gasteiger partial charge in [-0.3, -0.25) is 0 Å². The summed E-state index contributed by atoms with van der Waals surface area (Å²) in [6.45, 7) is 6.54. The molecule has 1 aliphatic heterocycles. The van der Waals surface area contributed by atoms with E-state index in [2.05, 4.69) is 51.1 Å². The Morgan fingerprint density at radius 3 is 2.06 bits per heavy atom. The number of benzene rings is 3. The summed E-state index contributed by atoms with van der Waals surface area (Å²) in [6, 6.07) is 20.1. The summed E-state index contributed by atoms with van der Waals surface area (Å²) in [7, 11) is -3.32. The third-order valence-corrected chi connectivity index (χ3v) is 7.10. The fraction of sp³-hybridized carbons (Fsp3) is 0.269. The maximum Gasteiger partial charge on any atom is 0.327 e. The van der Waals surface area contributed by atoms with E-state index in [1.807, 2.05) is 12.1 Å². The van der Waals surface area contributed by atoms with Crippen LogP contribution in [0.1, 0.15) is 31.9 Å². The molecule has 1 N–H and O–H groups in total. The fourth-order valence-corrected chi connectivity index (χ4v) is 4.79. The summed E-state index contributed by atoms with van der Waals surface area (Å²) < 4.78 is 23.6. The lowest BCUT2D eigenvalue weighted by atomic mass is 9.86. The minimum absolute atomic E-state index is 0.0817. The van der Waals surface area contributed by atoms with Crippen molar-refractivity contribution in [2.45, 2.75) is 43.5 Å². The molecule has 0 spiro atoms. The van der Waals surface area contributed by atoms with Crippen LogP contribution in [0.3, 0.4) is 0 Å². The van der Waals surface area contributed by atoms with Crippen LogP contribution in [0.25, 0.3) is 11.1 Å². The van der Waals surface area contributed by atoms with Crippen LogP contribution in [0.2, 0.25) is 0 Å². The molecule has 0 aromatic heterocycles. The average Bonchev–Trinajstić information content (AvgIpc) is 3.12. The lowest BCUT2D eigenvalue weighted by molar-refractivity contribution is -0.138. The number of carboxylic acid groups (broad SMARTS) is 1. The van der Waals surface area contributed by atoms with Crippen molar-refractivity contribution in [3.63, 3.8) is 0 Å². The molecular weight excluding hydrogens is 422 g/mol. The Morgan fingerprint density at radius 2 is 1.53 bits per heavy atom. The van der Waals surface area contributed by atoms with Crippen LogP contribution in [0.5, 0.6) is 0 Å². The van der Waals surface area contributed by atoms with Crippen LogP contribution < -0.4 is 4.90 Å². The Bertz CT molecular complexity index is 1270. The standard InChI is InChI=1S/C26H27NO4S/c1-26(2,3)20-8-5-17(6-9-20)18-7-14-23-19(15-18)16-24(25(28)29)27(23)21-10-12-22(13-11-21)32(4,30)31/h5-15,24H,16H2,1-4H3,(H,28,29). The number of fused-ring (bicyclic) bond motifs is 1. The van der Waals surface area contributed by atoms with Gasteiger partial charge in [0, 0.05) is 24.1 Å². The van der Waals surface area contributed by atoms with Gasteiger partial charge >= 0.3 is 5.97 Å². The molecule has 0 fully saturated rings. The molecule has 5 nitrogen and oxygen atoms in total. The summed E-state index contributed by atoms with van der Waals surface area (Å²) in [4.78, 5) is 14.0. The summed E-state index contributed by atoms with van der Waals surface area (Å²) in [5, 5.41) is 9.86. The molecule has 6 heteroatoms. The molecule has 1 unspecified atom stereocenters. The molecule has 1 heterocycles. The van der Waals surface area contributed by atoms with E-state index in [1.165, 1.54) is 17.7 Å². The lowest BCUT2D eigenvalue weighted by Gasteiger charge is -2.25. The number of hydrogen-bond acceptors (Lipinski definition) is 4. The summed E-state index contributed by atoms with van der Waals surface area (Å²) >= 11 is 0. The van der Waals surface area contributed by atoms with Gasteiger partial charge in [0.1, 0.15) is 6.04 Å². The third-order valence-electron chi connectivity index (χ3n) is 5.98. The molecular formula is C26H27NO4S. The zero-order chi connectivity index (χ0) is 23.3. The zero-order valence-electron chi connectivity index (χ0n) is 18.7. The Kier molecular flexibility index (Phi) is 5.37. The van der Waals surface area contributed by atoms with E-state index in [9.17, 15) is 18.3 Å². The molecule has 32 heavy (non-hydrogen) atoms. The van der Waals surface area contributed by atoms with Gasteiger partial charge in [0.2, 0.25) is 0 Å². The Labute approximate surface area is 189 Å².